The van der Waals surface area contributed by atoms with Gasteiger partial charge in [-0.25, -0.2) is 0 Å². The summed E-state index contributed by atoms with van der Waals surface area (Å²) in [5.41, 5.74) is 0. The molecule has 0 aromatic carbocycles. The van der Waals surface area contributed by atoms with Gasteiger partial charge >= 0.3 is 8.25 Å². The lowest BCUT2D eigenvalue weighted by Crippen LogP contribution is -2.12. The number of rotatable bonds is 5. The molecule has 0 saturated carbocycles. The van der Waals surface area contributed by atoms with Crippen LogP contribution < -0.4 is 5.32 Å². The standard InChI is InChI=1S/C4H10.C2H4NO4P/c1-3-4-2;4-1-3-2-7-8(5)6/h3-4H2,1-2H3;1H,2H2,(H-,3,4,5,6)/p+1. The third-order valence-electron chi connectivity index (χ3n) is 0.842. The number of hydrogen-bond acceptors (Lipinski definition) is 3. The fourth-order valence-corrected chi connectivity index (χ4v) is 0.311. The van der Waals surface area contributed by atoms with Crippen molar-refractivity contribution < 1.29 is 18.8 Å². The summed E-state index contributed by atoms with van der Waals surface area (Å²) in [6.07, 6.45) is 3.01. The third-order valence-corrected chi connectivity index (χ3v) is 1.19. The highest BCUT2D eigenvalue weighted by Crippen LogP contribution is 2.11. The van der Waals surface area contributed by atoms with E-state index in [4.69, 9.17) is 4.89 Å². The molecule has 72 valence electrons. The van der Waals surface area contributed by atoms with Crippen molar-refractivity contribution >= 4 is 14.7 Å². The second-order valence-corrected chi connectivity index (χ2v) is 2.57. The lowest BCUT2D eigenvalue weighted by molar-refractivity contribution is -0.110. The average Bonchev–Trinajstić information content (AvgIpc) is 2.05. The fourth-order valence-electron chi connectivity index (χ4n) is 0.127. The molecule has 1 unspecified atom stereocenters. The van der Waals surface area contributed by atoms with Gasteiger partial charge in [-0.15, -0.1) is 4.89 Å². The predicted octanol–water partition coefficient (Wildman–Crippen LogP) is 1.16. The smallest absolute Gasteiger partial charge is 0.332 e. The van der Waals surface area contributed by atoms with Crippen LogP contribution in [0.1, 0.15) is 26.7 Å². The molecule has 0 aliphatic heterocycles. The molecular formula is C6H15NO4P+. The third kappa shape index (κ3) is 22.7. The van der Waals surface area contributed by atoms with Crippen LogP contribution in [0.2, 0.25) is 0 Å². The molecule has 0 spiro atoms. The zero-order valence-electron chi connectivity index (χ0n) is 7.32. The van der Waals surface area contributed by atoms with Gasteiger partial charge in [0.2, 0.25) is 6.41 Å². The highest BCUT2D eigenvalue weighted by Gasteiger charge is 2.09. The molecule has 12 heavy (non-hydrogen) atoms. The minimum absolute atomic E-state index is 0.227. The van der Waals surface area contributed by atoms with Crippen LogP contribution in [0.3, 0.4) is 0 Å². The van der Waals surface area contributed by atoms with Gasteiger partial charge in [0.25, 0.3) is 0 Å². The number of unbranched alkanes of at least 4 members (excludes halogenated alkanes) is 1. The zero-order valence-corrected chi connectivity index (χ0v) is 8.21. The molecule has 6 heteroatoms. The van der Waals surface area contributed by atoms with E-state index in [2.05, 4.69) is 18.4 Å². The van der Waals surface area contributed by atoms with E-state index < -0.39 is 8.25 Å². The quantitative estimate of drug-likeness (QED) is 0.299. The fraction of sp³-hybridized carbons (Fsp3) is 0.833. The Labute approximate surface area is 73.1 Å². The molecule has 2 N–H and O–H groups in total. The minimum Gasteiger partial charge on any atom is -0.332 e. The molecule has 0 aliphatic carbocycles. The van der Waals surface area contributed by atoms with Crippen LogP contribution in [-0.2, 0) is 13.9 Å². The van der Waals surface area contributed by atoms with Gasteiger partial charge in [-0.3, -0.25) is 4.79 Å². The van der Waals surface area contributed by atoms with Gasteiger partial charge in [0, 0.05) is 4.57 Å². The molecule has 0 saturated heterocycles. The van der Waals surface area contributed by atoms with E-state index in [1.54, 1.807) is 0 Å². The topological polar surface area (TPSA) is 75.6 Å². The van der Waals surface area contributed by atoms with Crippen LogP contribution in [0, 0.1) is 0 Å². The Morgan fingerprint density at radius 3 is 2.25 bits per heavy atom. The summed E-state index contributed by atoms with van der Waals surface area (Å²) in [6.45, 7) is 4.13. The van der Waals surface area contributed by atoms with Crippen LogP contribution in [0.15, 0.2) is 0 Å². The number of hydrogen-bond donors (Lipinski definition) is 2. The molecule has 0 heterocycles. The second kappa shape index (κ2) is 13.1. The summed E-state index contributed by atoms with van der Waals surface area (Å²) in [4.78, 5) is 17.3. The molecular weight excluding hydrogens is 181 g/mol. The number of nitrogens with one attached hydrogen (secondary N) is 1. The van der Waals surface area contributed by atoms with E-state index in [1.807, 2.05) is 5.32 Å². The van der Waals surface area contributed by atoms with Crippen molar-refractivity contribution in [3.8, 4) is 0 Å². The van der Waals surface area contributed by atoms with E-state index in [0.717, 1.165) is 0 Å². The lowest BCUT2D eigenvalue weighted by atomic mass is 10.4. The summed E-state index contributed by atoms with van der Waals surface area (Å²) >= 11 is 0. The van der Waals surface area contributed by atoms with Crippen LogP contribution in [0.25, 0.3) is 0 Å². The monoisotopic (exact) mass is 196 g/mol. The van der Waals surface area contributed by atoms with Crippen LogP contribution >= 0.6 is 8.25 Å². The number of carbonyl (C=O) groups excluding carboxylic acids is 1. The Morgan fingerprint density at radius 2 is 2.00 bits per heavy atom. The van der Waals surface area contributed by atoms with Gasteiger partial charge < -0.3 is 5.32 Å². The van der Waals surface area contributed by atoms with Gasteiger partial charge in [-0.1, -0.05) is 31.2 Å². The Hall–Kier alpha value is -0.510. The Bertz CT molecular complexity index is 118. The molecule has 5 nitrogen and oxygen atoms in total. The predicted molar refractivity (Wildman–Crippen MR) is 45.6 cm³/mol. The van der Waals surface area contributed by atoms with Gasteiger partial charge in [-0.05, 0) is 0 Å². The highest BCUT2D eigenvalue weighted by atomic mass is 31.1. The molecule has 0 aliphatic rings. The molecule has 0 rings (SSSR count). The van der Waals surface area contributed by atoms with Gasteiger partial charge in [-0.2, -0.15) is 0 Å². The summed E-state index contributed by atoms with van der Waals surface area (Å²) < 4.78 is 13.6. The normalized spacial score (nSPS) is 9.42. The largest absolute Gasteiger partial charge is 0.696 e. The van der Waals surface area contributed by atoms with Crippen molar-refractivity contribution in [2.75, 3.05) is 6.73 Å². The lowest BCUT2D eigenvalue weighted by Gasteiger charge is -1.82. The second-order valence-electron chi connectivity index (χ2n) is 1.83. The van der Waals surface area contributed by atoms with Crippen molar-refractivity contribution in [1.29, 1.82) is 0 Å². The Morgan fingerprint density at radius 1 is 1.50 bits per heavy atom. The Balaban J connectivity index is 0. The summed E-state index contributed by atoms with van der Waals surface area (Å²) in [6, 6.07) is 0. The average molecular weight is 196 g/mol. The first-order chi connectivity index (χ1) is 5.68. The maximum Gasteiger partial charge on any atom is 0.696 e. The SMILES string of the molecule is CCCC.O=CNCO[P+](=O)O. The molecule has 0 radical (unpaired) electrons. The van der Waals surface area contributed by atoms with Crippen LogP contribution in [-0.4, -0.2) is 18.0 Å². The first-order valence-electron chi connectivity index (χ1n) is 3.65. The molecule has 0 fully saturated rings. The van der Waals surface area contributed by atoms with Gasteiger partial charge in [0.05, 0.1) is 0 Å². The van der Waals surface area contributed by atoms with E-state index in [9.17, 15) is 9.36 Å². The maximum absolute atomic E-state index is 9.64. The molecule has 0 aromatic heterocycles. The van der Waals surface area contributed by atoms with Crippen molar-refractivity contribution in [3.63, 3.8) is 0 Å². The highest BCUT2D eigenvalue weighted by molar-refractivity contribution is 7.32. The van der Waals surface area contributed by atoms with E-state index in [1.165, 1.54) is 12.8 Å². The Kier molecular flexibility index (Phi) is 15.3. The van der Waals surface area contributed by atoms with Gasteiger partial charge in [0.15, 0.2) is 6.73 Å². The first-order valence-corrected chi connectivity index (χ1v) is 4.78. The summed E-state index contributed by atoms with van der Waals surface area (Å²) in [7, 11) is -2.58. The van der Waals surface area contributed by atoms with E-state index >= 15 is 0 Å². The van der Waals surface area contributed by atoms with Crippen LogP contribution in [0.5, 0.6) is 0 Å². The summed E-state index contributed by atoms with van der Waals surface area (Å²) in [5, 5.41) is 2.03. The molecule has 0 aromatic rings. The summed E-state index contributed by atoms with van der Waals surface area (Å²) in [5.74, 6) is 0. The van der Waals surface area contributed by atoms with Crippen molar-refractivity contribution in [2.24, 2.45) is 0 Å². The maximum atomic E-state index is 9.64. The van der Waals surface area contributed by atoms with Crippen molar-refractivity contribution in [2.45, 2.75) is 26.7 Å². The minimum atomic E-state index is -2.58. The van der Waals surface area contributed by atoms with Crippen LogP contribution in [0.4, 0.5) is 0 Å². The van der Waals surface area contributed by atoms with Crippen molar-refractivity contribution in [3.05, 3.63) is 0 Å². The number of amides is 1. The molecule has 1 atom stereocenters. The van der Waals surface area contributed by atoms with Crippen molar-refractivity contribution in [1.82, 2.24) is 5.32 Å². The van der Waals surface area contributed by atoms with E-state index in [-0.39, 0.29) is 6.73 Å². The van der Waals surface area contributed by atoms with Gasteiger partial charge in [0.1, 0.15) is 0 Å². The molecule has 1 amide bonds. The molecule has 0 bridgehead atoms. The van der Waals surface area contributed by atoms with E-state index in [0.29, 0.717) is 6.41 Å². The number of carbonyl (C=O) groups is 1. The first kappa shape index (κ1) is 14.0. The zero-order chi connectivity index (χ0) is 9.82.